The first-order valence-corrected chi connectivity index (χ1v) is 14.7. The van der Waals surface area contributed by atoms with E-state index >= 15 is 0 Å². The van der Waals surface area contributed by atoms with Crippen LogP contribution >= 0.6 is 23.5 Å². The molecule has 1 heterocycles. The quantitative estimate of drug-likeness (QED) is 0.188. The van der Waals surface area contributed by atoms with Crippen LogP contribution in [0.5, 0.6) is 0 Å². The average Bonchev–Trinajstić information content (AvgIpc) is 3.01. The van der Waals surface area contributed by atoms with Crippen LogP contribution in [0.1, 0.15) is 23.7 Å². The number of nitrogens with one attached hydrogen (secondary N) is 2. The molecular weight excluding hydrogens is 568 g/mol. The minimum Gasteiger partial charge on any atom is -0.508 e. The second-order valence-corrected chi connectivity index (χ2v) is 11.4. The molecule has 1 aliphatic rings. The fourth-order valence-corrected chi connectivity index (χ4v) is 5.62. The van der Waals surface area contributed by atoms with Crippen LogP contribution in [-0.2, 0) is 4.79 Å². The Morgan fingerprint density at radius 1 is 1.05 bits per heavy atom. The zero-order valence-corrected chi connectivity index (χ0v) is 25.6. The van der Waals surface area contributed by atoms with Gasteiger partial charge in [-0.15, -0.1) is 0 Å². The summed E-state index contributed by atoms with van der Waals surface area (Å²) in [5.74, 6) is -0.454. The molecular formula is C33H35ClN4O3S. The van der Waals surface area contributed by atoms with Crippen molar-refractivity contribution in [3.8, 4) is 0 Å². The van der Waals surface area contributed by atoms with E-state index in [9.17, 15) is 14.7 Å². The molecule has 0 saturated heterocycles. The average molecular weight is 603 g/mol. The van der Waals surface area contributed by atoms with Gasteiger partial charge in [-0.3, -0.25) is 14.3 Å². The number of nitrogens with zero attached hydrogens (tertiary/aromatic N) is 2. The molecule has 3 aromatic carbocycles. The highest BCUT2D eigenvalue weighted by molar-refractivity contribution is 7.97. The van der Waals surface area contributed by atoms with E-state index < -0.39 is 0 Å². The summed E-state index contributed by atoms with van der Waals surface area (Å²) in [6.45, 7) is 7.04. The number of hydrogen-bond donors (Lipinski definition) is 3. The third-order valence-electron chi connectivity index (χ3n) is 6.87. The molecule has 218 valence electrons. The predicted octanol–water partition coefficient (Wildman–Crippen LogP) is 6.65. The Morgan fingerprint density at radius 2 is 1.76 bits per heavy atom. The van der Waals surface area contributed by atoms with Crippen molar-refractivity contribution in [2.45, 2.75) is 18.2 Å². The van der Waals surface area contributed by atoms with E-state index in [1.165, 1.54) is 29.5 Å². The lowest BCUT2D eigenvalue weighted by Gasteiger charge is -2.25. The number of hydrogen-bond acceptors (Lipinski definition) is 6. The SMILES string of the molecule is C=C1/C=C(O)\C=C/CN(C(=O)c2ccc(Cl)cc2)/C(C)=C\1CC(=O)NCCNSc1cccc2c(N(C)C)cccc12. The summed E-state index contributed by atoms with van der Waals surface area (Å²) >= 11 is 7.53. The van der Waals surface area contributed by atoms with Crippen molar-refractivity contribution < 1.29 is 14.7 Å². The van der Waals surface area contributed by atoms with E-state index in [0.717, 1.165) is 16.0 Å². The number of anilines is 1. The van der Waals surface area contributed by atoms with Crippen LogP contribution in [0, 0.1) is 0 Å². The first kappa shape index (κ1) is 31.0. The molecule has 3 N–H and O–H groups in total. The van der Waals surface area contributed by atoms with Crippen molar-refractivity contribution in [2.75, 3.05) is 38.6 Å². The molecule has 0 unspecified atom stereocenters. The van der Waals surface area contributed by atoms with Gasteiger partial charge in [-0.05, 0) is 84.0 Å². The Morgan fingerprint density at radius 3 is 2.50 bits per heavy atom. The molecule has 0 aliphatic carbocycles. The molecule has 3 aromatic rings. The molecule has 2 amide bonds. The number of fused-ring (bicyclic) bond motifs is 1. The largest absolute Gasteiger partial charge is 0.508 e. The Balaban J connectivity index is 1.40. The van der Waals surface area contributed by atoms with Crippen molar-refractivity contribution in [3.05, 3.63) is 119 Å². The normalized spacial score (nSPS) is 17.6. The molecule has 9 heteroatoms. The van der Waals surface area contributed by atoms with Crippen molar-refractivity contribution in [3.63, 3.8) is 0 Å². The molecule has 7 nitrogen and oxygen atoms in total. The van der Waals surface area contributed by atoms with Crippen LogP contribution in [0.3, 0.4) is 0 Å². The summed E-state index contributed by atoms with van der Waals surface area (Å²) in [6, 6.07) is 19.1. The predicted molar refractivity (Wildman–Crippen MR) is 174 cm³/mol. The summed E-state index contributed by atoms with van der Waals surface area (Å²) in [4.78, 5) is 31.2. The highest BCUT2D eigenvalue weighted by Crippen LogP contribution is 2.32. The number of rotatable bonds is 9. The molecule has 0 fully saturated rings. The Kier molecular flexibility index (Phi) is 10.5. The van der Waals surface area contributed by atoms with Gasteiger partial charge in [0.2, 0.25) is 5.91 Å². The van der Waals surface area contributed by atoms with Crippen LogP contribution < -0.4 is 14.9 Å². The molecule has 4 rings (SSSR count). The van der Waals surface area contributed by atoms with Gasteiger partial charge >= 0.3 is 0 Å². The van der Waals surface area contributed by atoms with Crippen molar-refractivity contribution in [2.24, 2.45) is 0 Å². The summed E-state index contributed by atoms with van der Waals surface area (Å²) in [5, 5.41) is 16.1. The van der Waals surface area contributed by atoms with E-state index in [1.54, 1.807) is 42.2 Å². The fraction of sp³-hybridized carbons (Fsp3) is 0.212. The maximum atomic E-state index is 13.4. The van der Waals surface area contributed by atoms with Crippen molar-refractivity contribution in [1.29, 1.82) is 0 Å². The molecule has 0 atom stereocenters. The summed E-state index contributed by atoms with van der Waals surface area (Å²) in [5.41, 5.74) is 3.24. The van der Waals surface area contributed by atoms with Gasteiger partial charge in [0.15, 0.2) is 0 Å². The molecule has 0 saturated carbocycles. The van der Waals surface area contributed by atoms with E-state index in [1.807, 2.05) is 20.2 Å². The standard InChI is InChI=1S/C33H35ClN4O3S/c1-22-20-26(39)8-7-19-38(33(41)24-13-15-25(34)16-14-24)23(2)29(22)21-32(40)35-17-18-36-42-31-12-6-9-27-28(31)10-5-11-30(27)37(3)4/h5-16,20,36,39H,1,17-19,21H2,2-4H3,(H,35,40)/b8-7-,26-20+,29-23-. The van der Waals surface area contributed by atoms with Gasteiger partial charge in [0.05, 0.1) is 6.42 Å². The molecule has 0 bridgehead atoms. The van der Waals surface area contributed by atoms with Crippen LogP contribution in [0.15, 0.2) is 113 Å². The van der Waals surface area contributed by atoms with Crippen LogP contribution in [0.4, 0.5) is 5.69 Å². The molecule has 0 spiro atoms. The maximum absolute atomic E-state index is 13.4. The van der Waals surface area contributed by atoms with Crippen molar-refractivity contribution >= 4 is 51.8 Å². The second-order valence-electron chi connectivity index (χ2n) is 10.0. The lowest BCUT2D eigenvalue weighted by atomic mass is 10.00. The second kappa shape index (κ2) is 14.3. The molecule has 42 heavy (non-hydrogen) atoms. The third kappa shape index (κ3) is 7.64. The van der Waals surface area contributed by atoms with Gasteiger partial charge in [-0.25, -0.2) is 0 Å². The molecule has 1 aliphatic heterocycles. The maximum Gasteiger partial charge on any atom is 0.258 e. The Hall–Kier alpha value is -3.98. The number of allylic oxidation sites excluding steroid dienone is 4. The van der Waals surface area contributed by atoms with Crippen molar-refractivity contribution in [1.82, 2.24) is 14.9 Å². The van der Waals surface area contributed by atoms with Crippen LogP contribution in [-0.4, -0.2) is 55.6 Å². The monoisotopic (exact) mass is 602 g/mol. The van der Waals surface area contributed by atoms with Gasteiger partial charge in [0, 0.05) is 66.0 Å². The third-order valence-corrected chi connectivity index (χ3v) is 8.05. The summed E-state index contributed by atoms with van der Waals surface area (Å²) < 4.78 is 3.34. The van der Waals surface area contributed by atoms with Gasteiger partial charge < -0.3 is 20.2 Å². The van der Waals surface area contributed by atoms with E-state index in [2.05, 4.69) is 51.8 Å². The number of amides is 2. The number of aliphatic hydroxyl groups excluding tert-OH is 1. The van der Waals surface area contributed by atoms with Gasteiger partial charge in [-0.1, -0.05) is 48.5 Å². The minimum atomic E-state index is -0.242. The fourth-order valence-electron chi connectivity index (χ4n) is 4.70. The molecule has 0 radical (unpaired) electrons. The number of aliphatic hydroxyl groups is 1. The van der Waals surface area contributed by atoms with Gasteiger partial charge in [-0.2, -0.15) is 0 Å². The molecule has 0 aromatic heterocycles. The number of halogens is 1. The number of carbonyl (C=O) groups is 2. The number of carbonyl (C=O) groups excluding carboxylic acids is 2. The van der Waals surface area contributed by atoms with Gasteiger partial charge in [0.1, 0.15) is 5.76 Å². The zero-order valence-electron chi connectivity index (χ0n) is 24.0. The summed E-state index contributed by atoms with van der Waals surface area (Å²) in [6.07, 6.45) is 4.72. The van der Waals surface area contributed by atoms with E-state index in [4.69, 9.17) is 11.6 Å². The zero-order chi connectivity index (χ0) is 30.2. The van der Waals surface area contributed by atoms with Crippen LogP contribution in [0.25, 0.3) is 10.8 Å². The Bertz CT molecular complexity index is 1580. The first-order chi connectivity index (χ1) is 20.2. The first-order valence-electron chi connectivity index (χ1n) is 13.5. The topological polar surface area (TPSA) is 84.9 Å². The minimum absolute atomic E-state index is 0.00105. The highest BCUT2D eigenvalue weighted by Gasteiger charge is 2.22. The Labute approximate surface area is 256 Å². The van der Waals surface area contributed by atoms with E-state index in [0.29, 0.717) is 40.5 Å². The van der Waals surface area contributed by atoms with E-state index in [-0.39, 0.29) is 30.5 Å². The van der Waals surface area contributed by atoms with Gasteiger partial charge in [0.25, 0.3) is 5.91 Å². The smallest absolute Gasteiger partial charge is 0.258 e. The summed E-state index contributed by atoms with van der Waals surface area (Å²) in [7, 11) is 4.07. The van der Waals surface area contributed by atoms with Crippen LogP contribution in [0.2, 0.25) is 5.02 Å². The lowest BCUT2D eigenvalue weighted by molar-refractivity contribution is -0.120. The highest BCUT2D eigenvalue weighted by atomic mass is 35.5. The lowest BCUT2D eigenvalue weighted by Crippen LogP contribution is -2.33. The number of benzene rings is 3.